The third kappa shape index (κ3) is 2.63. The second-order valence-corrected chi connectivity index (χ2v) is 10.1. The predicted molar refractivity (Wildman–Crippen MR) is 108 cm³/mol. The first-order chi connectivity index (χ1) is 13.4. The highest BCUT2D eigenvalue weighted by atomic mass is 16.6. The number of oxime groups is 1. The van der Waals surface area contributed by atoms with Crippen LogP contribution in [0.4, 0.5) is 0 Å². The molecule has 0 N–H and O–H groups in total. The van der Waals surface area contributed by atoms with Crippen molar-refractivity contribution in [2.24, 2.45) is 34.2 Å². The van der Waals surface area contributed by atoms with Crippen LogP contribution in [-0.2, 0) is 14.4 Å². The average Bonchev–Trinajstić information content (AvgIpc) is 3.04. The summed E-state index contributed by atoms with van der Waals surface area (Å²) in [6, 6.07) is 4.33. The van der Waals surface area contributed by atoms with Crippen LogP contribution in [0.2, 0.25) is 0 Å². The van der Waals surface area contributed by atoms with Gasteiger partial charge in [0.2, 0.25) is 0 Å². The summed E-state index contributed by atoms with van der Waals surface area (Å²) in [5.41, 5.74) is 5.46. The SMILES string of the molecule is COC(=O)[C@@H]1C(c2c(C)cc(C)cc2C)=NO[C@H]1C12CC3CC(CC(C3)C1)C2. The summed E-state index contributed by atoms with van der Waals surface area (Å²) in [5, 5.41) is 4.56. The number of aryl methyl sites for hydroxylation is 3. The Hall–Kier alpha value is -1.84. The Morgan fingerprint density at radius 2 is 1.57 bits per heavy atom. The molecule has 1 aliphatic heterocycles. The van der Waals surface area contributed by atoms with Gasteiger partial charge in [0.15, 0.2) is 6.10 Å². The molecule has 0 spiro atoms. The minimum atomic E-state index is -0.415. The lowest BCUT2D eigenvalue weighted by Crippen LogP contribution is -2.55. The van der Waals surface area contributed by atoms with Gasteiger partial charge in [-0.25, -0.2) is 0 Å². The first-order valence-electron chi connectivity index (χ1n) is 10.8. The van der Waals surface area contributed by atoms with Crippen LogP contribution in [-0.4, -0.2) is 24.9 Å². The Balaban J connectivity index is 1.55. The number of methoxy groups -OCH3 is 1. The van der Waals surface area contributed by atoms with Crippen LogP contribution >= 0.6 is 0 Å². The highest BCUT2D eigenvalue weighted by Crippen LogP contribution is 2.63. The summed E-state index contributed by atoms with van der Waals surface area (Å²) >= 11 is 0. The van der Waals surface area contributed by atoms with Gasteiger partial charge in [-0.2, -0.15) is 0 Å². The van der Waals surface area contributed by atoms with Gasteiger partial charge in [-0.05, 0) is 88.2 Å². The van der Waals surface area contributed by atoms with Crippen LogP contribution in [0.1, 0.15) is 60.8 Å². The standard InChI is InChI=1S/C24H31NO3/c1-13-5-14(2)19(15(3)6-13)21-20(23(26)27-4)22(28-25-21)24-10-16-7-17(11-24)9-18(8-16)12-24/h5-6,16-18,20,22H,7-12H2,1-4H3/t16?,17?,18?,20-,22-,24?/m1/s1. The van der Waals surface area contributed by atoms with Gasteiger partial charge in [0.05, 0.1) is 7.11 Å². The molecule has 0 unspecified atom stereocenters. The summed E-state index contributed by atoms with van der Waals surface area (Å²) in [5.74, 6) is 1.80. The third-order valence-corrected chi connectivity index (χ3v) is 7.94. The van der Waals surface area contributed by atoms with E-state index in [1.807, 2.05) is 0 Å². The van der Waals surface area contributed by atoms with Gasteiger partial charge >= 0.3 is 5.97 Å². The van der Waals surface area contributed by atoms with Crippen molar-refractivity contribution >= 4 is 11.7 Å². The quantitative estimate of drug-likeness (QED) is 0.712. The second-order valence-electron chi connectivity index (χ2n) is 10.1. The number of hydrogen-bond acceptors (Lipinski definition) is 4. The lowest BCUT2D eigenvalue weighted by Gasteiger charge is -2.58. The molecule has 150 valence electrons. The molecule has 4 nitrogen and oxygen atoms in total. The fraction of sp³-hybridized carbons (Fsp3) is 0.667. The Morgan fingerprint density at radius 3 is 2.07 bits per heavy atom. The maximum atomic E-state index is 13.0. The molecule has 28 heavy (non-hydrogen) atoms. The van der Waals surface area contributed by atoms with Crippen LogP contribution in [0.15, 0.2) is 17.3 Å². The second kappa shape index (κ2) is 6.33. The number of rotatable bonds is 3. The first kappa shape index (κ1) is 18.2. The van der Waals surface area contributed by atoms with Crippen molar-refractivity contribution in [3.63, 3.8) is 0 Å². The van der Waals surface area contributed by atoms with Crippen molar-refractivity contribution in [3.05, 3.63) is 34.4 Å². The molecule has 0 saturated heterocycles. The molecule has 0 amide bonds. The third-order valence-electron chi connectivity index (χ3n) is 7.94. The molecule has 1 aromatic carbocycles. The van der Waals surface area contributed by atoms with E-state index in [0.717, 1.165) is 40.2 Å². The van der Waals surface area contributed by atoms with E-state index >= 15 is 0 Å². The zero-order valence-corrected chi connectivity index (χ0v) is 17.5. The van der Waals surface area contributed by atoms with E-state index in [1.54, 1.807) is 0 Å². The molecule has 1 aromatic rings. The van der Waals surface area contributed by atoms with Crippen LogP contribution < -0.4 is 0 Å². The average molecular weight is 382 g/mol. The predicted octanol–water partition coefficient (Wildman–Crippen LogP) is 4.72. The van der Waals surface area contributed by atoms with E-state index in [4.69, 9.17) is 9.57 Å². The van der Waals surface area contributed by atoms with Gasteiger partial charge in [-0.15, -0.1) is 0 Å². The highest BCUT2D eigenvalue weighted by molar-refractivity contribution is 6.14. The number of benzene rings is 1. The van der Waals surface area contributed by atoms with E-state index in [9.17, 15) is 4.79 Å². The Morgan fingerprint density at radius 1 is 1.04 bits per heavy atom. The minimum absolute atomic E-state index is 0.0887. The molecule has 4 bridgehead atoms. The van der Waals surface area contributed by atoms with Crippen molar-refractivity contribution in [1.82, 2.24) is 0 Å². The Bertz CT molecular complexity index is 797. The fourth-order valence-electron chi connectivity index (χ4n) is 7.51. The fourth-order valence-corrected chi connectivity index (χ4v) is 7.51. The molecule has 2 atom stereocenters. The van der Waals surface area contributed by atoms with Crippen molar-refractivity contribution in [2.45, 2.75) is 65.4 Å². The Labute approximate surface area is 167 Å². The van der Waals surface area contributed by atoms with E-state index in [2.05, 4.69) is 38.1 Å². The molecule has 0 aromatic heterocycles. The van der Waals surface area contributed by atoms with Gasteiger partial charge in [0.25, 0.3) is 0 Å². The maximum absolute atomic E-state index is 13.0. The molecule has 0 radical (unpaired) electrons. The van der Waals surface area contributed by atoms with Crippen molar-refractivity contribution in [1.29, 1.82) is 0 Å². The maximum Gasteiger partial charge on any atom is 0.318 e. The van der Waals surface area contributed by atoms with E-state index < -0.39 is 5.92 Å². The number of hydrogen-bond donors (Lipinski definition) is 0. The molecule has 4 saturated carbocycles. The van der Waals surface area contributed by atoms with Crippen molar-refractivity contribution < 1.29 is 14.4 Å². The molecule has 4 aliphatic carbocycles. The number of carbonyl (C=O) groups is 1. The van der Waals surface area contributed by atoms with E-state index in [0.29, 0.717) is 0 Å². The van der Waals surface area contributed by atoms with Crippen molar-refractivity contribution in [2.75, 3.05) is 7.11 Å². The number of carbonyl (C=O) groups excluding carboxylic acids is 1. The van der Waals surface area contributed by atoms with Crippen LogP contribution in [0.5, 0.6) is 0 Å². The lowest BCUT2D eigenvalue weighted by atomic mass is 9.47. The highest BCUT2D eigenvalue weighted by Gasteiger charge is 2.60. The molecule has 1 heterocycles. The zero-order chi connectivity index (χ0) is 19.6. The minimum Gasteiger partial charge on any atom is -0.468 e. The number of ether oxygens (including phenoxy) is 1. The van der Waals surface area contributed by atoms with Gasteiger partial charge < -0.3 is 9.57 Å². The topological polar surface area (TPSA) is 47.9 Å². The van der Waals surface area contributed by atoms with Crippen LogP contribution in [0.3, 0.4) is 0 Å². The molecule has 4 heteroatoms. The molecule has 5 aliphatic rings. The van der Waals surface area contributed by atoms with Gasteiger partial charge in [0.1, 0.15) is 11.6 Å². The summed E-state index contributed by atoms with van der Waals surface area (Å²) in [6.07, 6.45) is 7.50. The van der Waals surface area contributed by atoms with Gasteiger partial charge in [-0.1, -0.05) is 22.9 Å². The lowest BCUT2D eigenvalue weighted by molar-refractivity contribution is -0.165. The van der Waals surface area contributed by atoms with E-state index in [-0.39, 0.29) is 17.5 Å². The normalized spacial score (nSPS) is 38.3. The molecular weight excluding hydrogens is 350 g/mol. The van der Waals surface area contributed by atoms with Gasteiger partial charge in [-0.3, -0.25) is 4.79 Å². The van der Waals surface area contributed by atoms with E-state index in [1.165, 1.54) is 51.2 Å². The summed E-state index contributed by atoms with van der Waals surface area (Å²) in [7, 11) is 1.49. The van der Waals surface area contributed by atoms with Gasteiger partial charge in [0, 0.05) is 11.0 Å². The van der Waals surface area contributed by atoms with Crippen LogP contribution in [0.25, 0.3) is 0 Å². The van der Waals surface area contributed by atoms with Crippen molar-refractivity contribution in [3.8, 4) is 0 Å². The number of esters is 1. The monoisotopic (exact) mass is 381 g/mol. The molecular formula is C24H31NO3. The number of nitrogens with zero attached hydrogens (tertiary/aromatic N) is 1. The summed E-state index contributed by atoms with van der Waals surface area (Å²) < 4.78 is 5.28. The van der Waals surface area contributed by atoms with Crippen LogP contribution in [0, 0.1) is 49.9 Å². The molecule has 6 rings (SSSR count). The largest absolute Gasteiger partial charge is 0.468 e. The summed E-state index contributed by atoms with van der Waals surface area (Å²) in [4.78, 5) is 19.2. The molecule has 4 fully saturated rings. The zero-order valence-electron chi connectivity index (χ0n) is 17.5. The summed E-state index contributed by atoms with van der Waals surface area (Å²) in [6.45, 7) is 6.31. The Kier molecular flexibility index (Phi) is 4.12. The smallest absolute Gasteiger partial charge is 0.318 e. The first-order valence-corrected chi connectivity index (χ1v) is 10.8.